The lowest BCUT2D eigenvalue weighted by Gasteiger charge is -2.29. The number of nitrogens with zero attached hydrogens (tertiary/aromatic N) is 1. The molecule has 72 valence electrons. The van der Waals surface area contributed by atoms with E-state index in [1.165, 1.54) is 0 Å². The third-order valence-electron chi connectivity index (χ3n) is 2.21. The van der Waals surface area contributed by atoms with Gasteiger partial charge in [-0.05, 0) is 12.1 Å². The van der Waals surface area contributed by atoms with Crippen LogP contribution in [0.15, 0.2) is 36.0 Å². The molecule has 1 heterocycles. The summed E-state index contributed by atoms with van der Waals surface area (Å²) in [7, 11) is 0. The molecule has 1 aromatic rings. The average molecular weight is 189 g/mol. The molecule has 14 heavy (non-hydrogen) atoms. The first-order valence-corrected chi connectivity index (χ1v) is 4.56. The number of rotatable bonds is 1. The van der Waals surface area contributed by atoms with E-state index in [4.69, 9.17) is 4.74 Å². The molecule has 3 nitrogen and oxygen atoms in total. The number of ether oxygens (including phenoxy) is 1. The Morgan fingerprint density at radius 1 is 1.29 bits per heavy atom. The van der Waals surface area contributed by atoms with Crippen LogP contribution in [0, 0.1) is 0 Å². The van der Waals surface area contributed by atoms with Crippen molar-refractivity contribution in [1.29, 1.82) is 0 Å². The minimum atomic E-state index is 0.360. The van der Waals surface area contributed by atoms with Crippen LogP contribution in [0.4, 0.5) is 5.69 Å². The zero-order valence-corrected chi connectivity index (χ0v) is 7.77. The maximum absolute atomic E-state index is 10.7. The van der Waals surface area contributed by atoms with Crippen molar-refractivity contribution < 1.29 is 9.53 Å². The Labute approximate surface area is 82.6 Å². The van der Waals surface area contributed by atoms with E-state index in [1.54, 1.807) is 0 Å². The van der Waals surface area contributed by atoms with E-state index < -0.39 is 0 Å². The Balaban J connectivity index is 2.28. The SMILES string of the molecule is O=C=C1COCCN1c1ccccc1. The summed E-state index contributed by atoms with van der Waals surface area (Å²) >= 11 is 0. The zero-order valence-electron chi connectivity index (χ0n) is 7.77. The molecule has 1 saturated heterocycles. The highest BCUT2D eigenvalue weighted by molar-refractivity contribution is 5.64. The molecule has 1 aliphatic rings. The highest BCUT2D eigenvalue weighted by Crippen LogP contribution is 2.19. The Hall–Kier alpha value is -1.57. The van der Waals surface area contributed by atoms with Crippen LogP contribution in [-0.2, 0) is 9.53 Å². The summed E-state index contributed by atoms with van der Waals surface area (Å²) in [6.45, 7) is 1.73. The van der Waals surface area contributed by atoms with Crippen molar-refractivity contribution in [3.8, 4) is 0 Å². The van der Waals surface area contributed by atoms with Crippen LogP contribution in [-0.4, -0.2) is 25.7 Å². The van der Waals surface area contributed by atoms with E-state index >= 15 is 0 Å². The van der Waals surface area contributed by atoms with Crippen LogP contribution in [0.1, 0.15) is 0 Å². The van der Waals surface area contributed by atoms with E-state index in [9.17, 15) is 4.79 Å². The van der Waals surface area contributed by atoms with E-state index in [-0.39, 0.29) is 0 Å². The van der Waals surface area contributed by atoms with Gasteiger partial charge in [0.25, 0.3) is 0 Å². The van der Waals surface area contributed by atoms with Crippen LogP contribution in [0.5, 0.6) is 0 Å². The summed E-state index contributed by atoms with van der Waals surface area (Å²) in [5.74, 6) is 1.92. The second-order valence-electron chi connectivity index (χ2n) is 3.09. The zero-order chi connectivity index (χ0) is 9.80. The van der Waals surface area contributed by atoms with Crippen molar-refractivity contribution in [3.63, 3.8) is 0 Å². The number of benzene rings is 1. The van der Waals surface area contributed by atoms with Crippen molar-refractivity contribution in [2.75, 3.05) is 24.7 Å². The van der Waals surface area contributed by atoms with E-state index in [0.717, 1.165) is 5.69 Å². The Bertz CT molecular complexity index is 355. The van der Waals surface area contributed by atoms with Gasteiger partial charge in [0.15, 0.2) is 0 Å². The molecule has 0 amide bonds. The molecule has 0 spiro atoms. The van der Waals surface area contributed by atoms with E-state index in [0.29, 0.717) is 25.5 Å². The summed E-state index contributed by atoms with van der Waals surface area (Å²) in [6.07, 6.45) is 0. The second-order valence-corrected chi connectivity index (χ2v) is 3.09. The Morgan fingerprint density at radius 3 is 2.79 bits per heavy atom. The van der Waals surface area contributed by atoms with Gasteiger partial charge in [0, 0.05) is 12.2 Å². The lowest BCUT2D eigenvalue weighted by atomic mass is 10.2. The number of anilines is 1. The molecule has 1 aromatic carbocycles. The van der Waals surface area contributed by atoms with Gasteiger partial charge >= 0.3 is 0 Å². The molecule has 0 atom stereocenters. The smallest absolute Gasteiger partial charge is 0.148 e. The van der Waals surface area contributed by atoms with Gasteiger partial charge in [-0.15, -0.1) is 0 Å². The maximum Gasteiger partial charge on any atom is 0.148 e. The summed E-state index contributed by atoms with van der Waals surface area (Å²) in [6, 6.07) is 9.81. The van der Waals surface area contributed by atoms with Crippen molar-refractivity contribution in [2.45, 2.75) is 0 Å². The van der Waals surface area contributed by atoms with Gasteiger partial charge in [0.1, 0.15) is 11.6 Å². The van der Waals surface area contributed by atoms with Crippen LogP contribution >= 0.6 is 0 Å². The van der Waals surface area contributed by atoms with Crippen molar-refractivity contribution in [2.24, 2.45) is 0 Å². The largest absolute Gasteiger partial charge is 0.373 e. The summed E-state index contributed by atoms with van der Waals surface area (Å²) in [5.41, 5.74) is 1.59. The third-order valence-corrected chi connectivity index (χ3v) is 2.21. The number of morpholine rings is 1. The molecule has 3 heteroatoms. The van der Waals surface area contributed by atoms with Crippen LogP contribution in [0.3, 0.4) is 0 Å². The van der Waals surface area contributed by atoms with Gasteiger partial charge in [-0.3, -0.25) is 0 Å². The van der Waals surface area contributed by atoms with Gasteiger partial charge in [0.2, 0.25) is 0 Å². The number of carbonyl (C=O) groups excluding carboxylic acids is 1. The molecule has 0 aliphatic carbocycles. The Morgan fingerprint density at radius 2 is 2.07 bits per heavy atom. The lowest BCUT2D eigenvalue weighted by Crippen LogP contribution is -2.34. The molecule has 1 fully saturated rings. The average Bonchev–Trinajstić information content (AvgIpc) is 2.30. The highest BCUT2D eigenvalue weighted by atomic mass is 16.5. The topological polar surface area (TPSA) is 29.5 Å². The molecule has 2 rings (SSSR count). The minimum Gasteiger partial charge on any atom is -0.373 e. The molecule has 0 bridgehead atoms. The third kappa shape index (κ3) is 1.69. The normalized spacial score (nSPS) is 16.6. The van der Waals surface area contributed by atoms with Crippen LogP contribution in [0.2, 0.25) is 0 Å². The van der Waals surface area contributed by atoms with Crippen molar-refractivity contribution in [3.05, 3.63) is 36.0 Å². The monoisotopic (exact) mass is 189 g/mol. The predicted molar refractivity (Wildman–Crippen MR) is 53.8 cm³/mol. The summed E-state index contributed by atoms with van der Waals surface area (Å²) in [4.78, 5) is 12.6. The van der Waals surface area contributed by atoms with Gasteiger partial charge < -0.3 is 9.64 Å². The molecule has 0 aromatic heterocycles. The quantitative estimate of drug-likeness (QED) is 0.622. The standard InChI is InChI=1S/C11H11NO2/c13-8-11-9-14-7-6-12(11)10-4-2-1-3-5-10/h1-5H,6-7,9H2. The first-order valence-electron chi connectivity index (χ1n) is 4.56. The van der Waals surface area contributed by atoms with Crippen LogP contribution in [0.25, 0.3) is 0 Å². The second kappa shape index (κ2) is 4.09. The van der Waals surface area contributed by atoms with Gasteiger partial charge in [-0.25, -0.2) is 4.79 Å². The van der Waals surface area contributed by atoms with E-state index in [1.807, 2.05) is 41.2 Å². The van der Waals surface area contributed by atoms with E-state index in [2.05, 4.69) is 0 Å². The summed E-state index contributed by atoms with van der Waals surface area (Å²) in [5, 5.41) is 0. The fourth-order valence-corrected chi connectivity index (χ4v) is 1.51. The first-order chi connectivity index (χ1) is 6.92. The molecular weight excluding hydrogens is 178 g/mol. The van der Waals surface area contributed by atoms with Crippen molar-refractivity contribution >= 4 is 11.6 Å². The van der Waals surface area contributed by atoms with Crippen LogP contribution < -0.4 is 4.90 Å². The van der Waals surface area contributed by atoms with Gasteiger partial charge in [-0.1, -0.05) is 18.2 Å². The maximum atomic E-state index is 10.7. The minimum absolute atomic E-state index is 0.360. The molecule has 0 saturated carbocycles. The fraction of sp³-hybridized carbons (Fsp3) is 0.273. The number of para-hydroxylation sites is 1. The van der Waals surface area contributed by atoms with Gasteiger partial charge in [-0.2, -0.15) is 0 Å². The van der Waals surface area contributed by atoms with Crippen molar-refractivity contribution in [1.82, 2.24) is 0 Å². The molecule has 0 radical (unpaired) electrons. The number of hydrogen-bond donors (Lipinski definition) is 0. The first kappa shape index (κ1) is 9.00. The lowest BCUT2D eigenvalue weighted by molar-refractivity contribution is 0.143. The molecule has 1 aliphatic heterocycles. The van der Waals surface area contributed by atoms with Gasteiger partial charge in [0.05, 0.1) is 13.2 Å². The Kier molecular flexibility index (Phi) is 2.63. The highest BCUT2D eigenvalue weighted by Gasteiger charge is 2.17. The molecular formula is C11H11NO2. The molecule has 0 N–H and O–H groups in total. The molecule has 0 unspecified atom stereocenters. The summed E-state index contributed by atoms with van der Waals surface area (Å²) < 4.78 is 5.18. The fourth-order valence-electron chi connectivity index (χ4n) is 1.51. The predicted octanol–water partition coefficient (Wildman–Crippen LogP) is 1.24. The number of hydrogen-bond acceptors (Lipinski definition) is 3.